The minimum Gasteiger partial charge on any atom is -0.653 e. The third-order valence-electron chi connectivity index (χ3n) is 4.51. The van der Waals surface area contributed by atoms with E-state index in [0.717, 1.165) is 57.8 Å². The molecule has 0 atom stereocenters. The van der Waals surface area contributed by atoms with Gasteiger partial charge in [0.05, 0.1) is 17.7 Å². The van der Waals surface area contributed by atoms with Crippen LogP contribution in [0.5, 0.6) is 0 Å². The summed E-state index contributed by atoms with van der Waals surface area (Å²) in [4.78, 5) is 64.0. The number of Topliss-reactive ketones (excluding diaryl/α,β-unsaturated/α-hetero) is 3. The van der Waals surface area contributed by atoms with Crippen LogP contribution in [-0.4, -0.2) is 89.8 Å². The Kier molecular flexibility index (Phi) is 39.1. The minimum atomic E-state index is -0.337. The fraction of sp³-hybridized carbons (Fsp3) is 0.778. The predicted octanol–water partition coefficient (Wildman–Crippen LogP) is 3.08. The van der Waals surface area contributed by atoms with Gasteiger partial charge in [0.15, 0.2) is 0 Å². The molecule has 0 saturated carbocycles. The molecule has 1 radical (unpaired) electrons. The SMILES string of the molecule is CC(=O)CC(=O)[N-]CCCCCO.CC(=O)CC(=O)[N-]CCCCCO.CC(=O)CC(=O)[N-]CCCCCO.[Fe+3]. The number of hydrogen-bond donors (Lipinski definition) is 3. The van der Waals surface area contributed by atoms with E-state index in [-0.39, 0.29) is 91.2 Å². The maximum Gasteiger partial charge on any atom is 3.00 e. The van der Waals surface area contributed by atoms with E-state index < -0.39 is 0 Å². The van der Waals surface area contributed by atoms with Gasteiger partial charge < -0.3 is 45.7 Å². The van der Waals surface area contributed by atoms with E-state index in [1.54, 1.807) is 0 Å². The molecule has 0 fully saturated rings. The number of aliphatic hydroxyl groups excluding tert-OH is 3. The van der Waals surface area contributed by atoms with E-state index in [1.165, 1.54) is 20.8 Å². The summed E-state index contributed by atoms with van der Waals surface area (Å²) in [5.41, 5.74) is 0. The Bertz CT molecular complexity index is 602. The molecule has 3 N–H and O–H groups in total. The van der Waals surface area contributed by atoms with Gasteiger partial charge in [0.25, 0.3) is 0 Å². The van der Waals surface area contributed by atoms with Crippen molar-refractivity contribution in [1.82, 2.24) is 0 Å². The molecule has 0 rings (SSSR count). The molecule has 0 aromatic rings. The van der Waals surface area contributed by atoms with Crippen LogP contribution in [0.15, 0.2) is 0 Å². The van der Waals surface area contributed by atoms with Gasteiger partial charge in [-0.3, -0.25) is 14.4 Å². The van der Waals surface area contributed by atoms with Crippen molar-refractivity contribution in [2.45, 2.75) is 97.8 Å². The average Bonchev–Trinajstić information content (AvgIpc) is 2.83. The molecule has 0 heterocycles. The van der Waals surface area contributed by atoms with Gasteiger partial charge in [-0.25, -0.2) is 0 Å². The number of unbranched alkanes of at least 4 members (excludes halogenated alkanes) is 6. The fourth-order valence-corrected chi connectivity index (χ4v) is 2.62. The second kappa shape index (κ2) is 34.8. The molecule has 3 amide bonds. The molecule has 12 nitrogen and oxygen atoms in total. The van der Waals surface area contributed by atoms with Gasteiger partial charge in [0.2, 0.25) is 0 Å². The van der Waals surface area contributed by atoms with Crippen molar-refractivity contribution in [3.63, 3.8) is 0 Å². The molecular weight excluding hydrogens is 566 g/mol. The van der Waals surface area contributed by atoms with Crippen LogP contribution in [0.2, 0.25) is 0 Å². The Morgan fingerprint density at radius 1 is 0.425 bits per heavy atom. The van der Waals surface area contributed by atoms with Gasteiger partial charge in [-0.05, 0) is 40.0 Å². The van der Waals surface area contributed by atoms with E-state index in [1.807, 2.05) is 0 Å². The summed E-state index contributed by atoms with van der Waals surface area (Å²) in [5, 5.41) is 36.4. The Hall–Kier alpha value is -2.18. The van der Waals surface area contributed by atoms with E-state index >= 15 is 0 Å². The van der Waals surface area contributed by atoms with E-state index in [0.29, 0.717) is 19.6 Å². The first-order valence-electron chi connectivity index (χ1n) is 13.4. The van der Waals surface area contributed by atoms with Gasteiger partial charge in [-0.1, -0.05) is 38.5 Å². The molecule has 0 unspecified atom stereocenters. The Labute approximate surface area is 249 Å². The molecule has 40 heavy (non-hydrogen) atoms. The van der Waals surface area contributed by atoms with Gasteiger partial charge >= 0.3 is 17.1 Å². The molecule has 0 spiro atoms. The van der Waals surface area contributed by atoms with Crippen molar-refractivity contribution in [3.8, 4) is 0 Å². The van der Waals surface area contributed by atoms with Crippen molar-refractivity contribution < 1.29 is 61.2 Å². The normalized spacial score (nSPS) is 9.45. The van der Waals surface area contributed by atoms with E-state index in [2.05, 4.69) is 16.0 Å². The number of carbonyl (C=O) groups excluding carboxylic acids is 6. The number of nitrogens with zero attached hydrogens (tertiary/aromatic N) is 3. The summed E-state index contributed by atoms with van der Waals surface area (Å²) in [6, 6.07) is 0. The predicted molar refractivity (Wildman–Crippen MR) is 148 cm³/mol. The number of aliphatic hydroxyl groups is 3. The third kappa shape index (κ3) is 45.7. The van der Waals surface area contributed by atoms with Gasteiger partial charge in [-0.2, -0.15) is 0 Å². The monoisotopic (exact) mass is 614 g/mol. The van der Waals surface area contributed by atoms with Crippen molar-refractivity contribution in [3.05, 3.63) is 16.0 Å². The number of carbonyl (C=O) groups is 6. The Morgan fingerprint density at radius 3 is 0.825 bits per heavy atom. The molecule has 233 valence electrons. The van der Waals surface area contributed by atoms with Crippen LogP contribution >= 0.6 is 0 Å². The first kappa shape index (κ1) is 44.8. The zero-order valence-corrected chi connectivity index (χ0v) is 25.3. The molecule has 13 heteroatoms. The molecular formula is C27H48FeN3O9. The van der Waals surface area contributed by atoms with Crippen LogP contribution < -0.4 is 0 Å². The van der Waals surface area contributed by atoms with E-state index in [4.69, 9.17) is 15.3 Å². The maximum atomic E-state index is 10.8. The number of hydrogen-bond acceptors (Lipinski definition) is 9. The van der Waals surface area contributed by atoms with E-state index in [9.17, 15) is 28.8 Å². The van der Waals surface area contributed by atoms with Crippen LogP contribution in [-0.2, 0) is 45.8 Å². The summed E-state index contributed by atoms with van der Waals surface area (Å²) in [5.74, 6) is -1.46. The Balaban J connectivity index is -0.000000240. The molecule has 0 saturated heterocycles. The van der Waals surface area contributed by atoms with Crippen molar-refractivity contribution in [2.24, 2.45) is 0 Å². The molecule has 0 aromatic carbocycles. The maximum absolute atomic E-state index is 10.8. The van der Waals surface area contributed by atoms with Crippen LogP contribution in [0.4, 0.5) is 0 Å². The average molecular weight is 615 g/mol. The summed E-state index contributed by atoms with van der Waals surface area (Å²) in [7, 11) is 0. The molecule has 0 aliphatic rings. The second-order valence-electron chi connectivity index (χ2n) is 8.82. The first-order chi connectivity index (χ1) is 18.5. The number of amides is 3. The first-order valence-corrected chi connectivity index (χ1v) is 13.4. The van der Waals surface area contributed by atoms with Crippen LogP contribution in [0.3, 0.4) is 0 Å². The fourth-order valence-electron chi connectivity index (χ4n) is 2.62. The van der Waals surface area contributed by atoms with Crippen molar-refractivity contribution in [2.75, 3.05) is 39.5 Å². The summed E-state index contributed by atoms with van der Waals surface area (Å²) in [6.07, 6.45) is 6.98. The standard InChI is InChI=1S/3C9H17NO3.Fe/c3*1-8(12)7-9(13)10-5-3-2-4-6-11;/h3*11H,2-7H2,1H3,(H,10,13);/q;;;+3/p-3. The summed E-state index contributed by atoms with van der Waals surface area (Å²) < 4.78 is 0. The number of rotatable bonds is 21. The van der Waals surface area contributed by atoms with Crippen LogP contribution in [0.25, 0.3) is 16.0 Å². The topological polar surface area (TPSA) is 205 Å². The molecule has 0 aliphatic heterocycles. The third-order valence-corrected chi connectivity index (χ3v) is 4.51. The second-order valence-corrected chi connectivity index (χ2v) is 8.82. The summed E-state index contributed by atoms with van der Waals surface area (Å²) >= 11 is 0. The zero-order valence-electron chi connectivity index (χ0n) is 24.2. The molecule has 0 bridgehead atoms. The number of ketones is 3. The zero-order chi connectivity index (χ0) is 30.3. The summed E-state index contributed by atoms with van der Waals surface area (Å²) in [6.45, 7) is 6.06. The van der Waals surface area contributed by atoms with Crippen LogP contribution in [0, 0.1) is 0 Å². The van der Waals surface area contributed by atoms with Gasteiger partial charge in [-0.15, -0.1) is 19.6 Å². The molecule has 0 aliphatic carbocycles. The minimum absolute atomic E-state index is 0. The van der Waals surface area contributed by atoms with Crippen LogP contribution in [0.1, 0.15) is 97.8 Å². The quantitative estimate of drug-likeness (QED) is 0.0985. The van der Waals surface area contributed by atoms with Gasteiger partial charge in [0, 0.05) is 39.1 Å². The Morgan fingerprint density at radius 2 is 0.650 bits per heavy atom. The van der Waals surface area contributed by atoms with Crippen molar-refractivity contribution >= 4 is 35.1 Å². The molecule has 0 aromatic heterocycles. The largest absolute Gasteiger partial charge is 3.00 e. The van der Waals surface area contributed by atoms with Gasteiger partial charge in [0.1, 0.15) is 17.3 Å². The smallest absolute Gasteiger partial charge is 0.653 e. The van der Waals surface area contributed by atoms with Crippen molar-refractivity contribution in [1.29, 1.82) is 0 Å².